The zero-order valence-electron chi connectivity index (χ0n) is 14.4. The van der Waals surface area contributed by atoms with E-state index >= 15 is 0 Å². The molecule has 0 saturated carbocycles. The number of rotatable bonds is 6. The highest BCUT2D eigenvalue weighted by atomic mass is 35.5. The predicted molar refractivity (Wildman–Crippen MR) is 101 cm³/mol. The summed E-state index contributed by atoms with van der Waals surface area (Å²) >= 11 is 6.13. The number of ether oxygens (including phenoxy) is 1. The van der Waals surface area contributed by atoms with Crippen LogP contribution in [0.15, 0.2) is 59.1 Å². The maximum atomic E-state index is 12.4. The second-order valence-corrected chi connectivity index (χ2v) is 5.91. The molecule has 0 fully saturated rings. The van der Waals surface area contributed by atoms with Crippen molar-refractivity contribution in [3.8, 4) is 17.1 Å². The molecule has 2 amide bonds. The van der Waals surface area contributed by atoms with Crippen LogP contribution in [0.1, 0.15) is 10.5 Å². The smallest absolute Gasteiger partial charge is 0.277 e. The van der Waals surface area contributed by atoms with Crippen LogP contribution in [0.5, 0.6) is 5.75 Å². The number of amides is 2. The number of carbonyl (C=O) groups excluding carboxylic acids is 2. The van der Waals surface area contributed by atoms with Crippen molar-refractivity contribution in [3.63, 3.8) is 0 Å². The van der Waals surface area contributed by atoms with Crippen molar-refractivity contribution >= 4 is 29.1 Å². The minimum atomic E-state index is -0.444. The van der Waals surface area contributed by atoms with Gasteiger partial charge in [0.05, 0.1) is 5.02 Å². The molecule has 8 heteroatoms. The number of carbonyl (C=O) groups is 2. The SMILES string of the molecule is CNC(=O)COc1cccc(NC(=O)c2cc(-c3ccccc3Cl)on2)c1. The van der Waals surface area contributed by atoms with Crippen molar-refractivity contribution in [2.45, 2.75) is 0 Å². The molecule has 0 bridgehead atoms. The Bertz CT molecular complexity index is 971. The molecular formula is C19H16ClN3O4. The average Bonchev–Trinajstić information content (AvgIpc) is 3.17. The topological polar surface area (TPSA) is 93.5 Å². The van der Waals surface area contributed by atoms with Crippen molar-refractivity contribution < 1.29 is 18.8 Å². The molecule has 0 aliphatic rings. The van der Waals surface area contributed by atoms with Gasteiger partial charge in [-0.1, -0.05) is 35.0 Å². The first-order valence-electron chi connectivity index (χ1n) is 8.03. The normalized spacial score (nSPS) is 10.3. The van der Waals surface area contributed by atoms with Gasteiger partial charge in [0.25, 0.3) is 11.8 Å². The highest BCUT2D eigenvalue weighted by Crippen LogP contribution is 2.28. The van der Waals surface area contributed by atoms with Gasteiger partial charge in [-0.2, -0.15) is 0 Å². The van der Waals surface area contributed by atoms with Crippen LogP contribution in [-0.2, 0) is 4.79 Å². The summed E-state index contributed by atoms with van der Waals surface area (Å²) in [4.78, 5) is 23.6. The highest BCUT2D eigenvalue weighted by molar-refractivity contribution is 6.33. The second-order valence-electron chi connectivity index (χ2n) is 5.50. The van der Waals surface area contributed by atoms with Crippen LogP contribution >= 0.6 is 11.6 Å². The Morgan fingerprint density at radius 2 is 1.96 bits per heavy atom. The van der Waals surface area contributed by atoms with Crippen molar-refractivity contribution in [2.75, 3.05) is 19.0 Å². The fourth-order valence-electron chi connectivity index (χ4n) is 2.25. The molecule has 0 atom stereocenters. The lowest BCUT2D eigenvalue weighted by atomic mass is 10.1. The maximum Gasteiger partial charge on any atom is 0.277 e. The van der Waals surface area contributed by atoms with Crippen LogP contribution in [0.25, 0.3) is 11.3 Å². The summed E-state index contributed by atoms with van der Waals surface area (Å²) in [6, 6.07) is 15.3. The zero-order chi connectivity index (χ0) is 19.2. The van der Waals surface area contributed by atoms with Gasteiger partial charge in [-0.05, 0) is 24.3 Å². The van der Waals surface area contributed by atoms with Crippen LogP contribution in [0.4, 0.5) is 5.69 Å². The third kappa shape index (κ3) is 4.65. The van der Waals surface area contributed by atoms with E-state index < -0.39 is 5.91 Å². The molecule has 1 heterocycles. The summed E-state index contributed by atoms with van der Waals surface area (Å²) in [7, 11) is 1.52. The molecule has 1 aromatic heterocycles. The summed E-state index contributed by atoms with van der Waals surface area (Å²) in [5.41, 5.74) is 1.26. The molecule has 138 valence electrons. The Hall–Kier alpha value is -3.32. The number of halogens is 1. The standard InChI is InChI=1S/C19H16ClN3O4/c1-21-18(24)11-26-13-6-4-5-12(9-13)22-19(25)16-10-17(27-23-16)14-7-2-3-8-15(14)20/h2-10H,11H2,1H3,(H,21,24)(H,22,25). The van der Waals surface area contributed by atoms with E-state index in [9.17, 15) is 9.59 Å². The van der Waals surface area contributed by atoms with E-state index in [1.165, 1.54) is 13.1 Å². The summed E-state index contributed by atoms with van der Waals surface area (Å²) in [5, 5.41) is 9.46. The van der Waals surface area contributed by atoms with Gasteiger partial charge < -0.3 is 19.9 Å². The van der Waals surface area contributed by atoms with E-state index in [1.807, 2.05) is 6.07 Å². The molecule has 0 spiro atoms. The molecule has 27 heavy (non-hydrogen) atoms. The summed E-state index contributed by atoms with van der Waals surface area (Å²) in [6.45, 7) is -0.113. The number of anilines is 1. The number of likely N-dealkylation sites (N-methyl/N-ethyl adjacent to an activating group) is 1. The summed E-state index contributed by atoms with van der Waals surface area (Å²) in [5.74, 6) is 0.154. The first kappa shape index (κ1) is 18.5. The molecule has 2 aromatic carbocycles. The van der Waals surface area contributed by atoms with Crippen molar-refractivity contribution in [2.24, 2.45) is 0 Å². The van der Waals surface area contributed by atoms with Crippen LogP contribution in [0, 0.1) is 0 Å². The van der Waals surface area contributed by atoms with Gasteiger partial charge in [0.1, 0.15) is 5.75 Å². The third-order valence-electron chi connectivity index (χ3n) is 3.62. The Morgan fingerprint density at radius 3 is 2.74 bits per heavy atom. The molecule has 7 nitrogen and oxygen atoms in total. The quantitative estimate of drug-likeness (QED) is 0.678. The lowest BCUT2D eigenvalue weighted by Crippen LogP contribution is -2.24. The molecule has 0 saturated heterocycles. The molecule has 3 rings (SSSR count). The molecule has 0 aliphatic heterocycles. The van der Waals surface area contributed by atoms with E-state index in [0.717, 1.165) is 0 Å². The molecule has 0 aliphatic carbocycles. The Kier molecular flexibility index (Phi) is 5.73. The van der Waals surface area contributed by atoms with E-state index in [1.54, 1.807) is 42.5 Å². The van der Waals surface area contributed by atoms with E-state index in [4.69, 9.17) is 20.9 Å². The first-order chi connectivity index (χ1) is 13.1. The molecule has 0 unspecified atom stereocenters. The Morgan fingerprint density at radius 1 is 1.15 bits per heavy atom. The fraction of sp³-hybridized carbons (Fsp3) is 0.105. The van der Waals surface area contributed by atoms with E-state index in [0.29, 0.717) is 27.8 Å². The number of aromatic nitrogens is 1. The minimum absolute atomic E-state index is 0.113. The Balaban J connectivity index is 1.69. The average molecular weight is 386 g/mol. The highest BCUT2D eigenvalue weighted by Gasteiger charge is 2.15. The van der Waals surface area contributed by atoms with E-state index in [-0.39, 0.29) is 18.2 Å². The number of hydrogen-bond acceptors (Lipinski definition) is 5. The predicted octanol–water partition coefficient (Wildman–Crippen LogP) is 3.37. The van der Waals surface area contributed by atoms with Crippen molar-refractivity contribution in [1.29, 1.82) is 0 Å². The largest absolute Gasteiger partial charge is 0.484 e. The number of nitrogens with zero attached hydrogens (tertiary/aromatic N) is 1. The Labute approximate surface area is 160 Å². The van der Waals surface area contributed by atoms with Gasteiger partial charge in [0.15, 0.2) is 18.1 Å². The molecular weight excluding hydrogens is 370 g/mol. The van der Waals surface area contributed by atoms with Gasteiger partial charge >= 0.3 is 0 Å². The van der Waals surface area contributed by atoms with Crippen molar-refractivity contribution in [3.05, 3.63) is 65.3 Å². The monoisotopic (exact) mass is 385 g/mol. The maximum absolute atomic E-state index is 12.4. The second kappa shape index (κ2) is 8.37. The van der Waals surface area contributed by atoms with Crippen LogP contribution in [0.2, 0.25) is 5.02 Å². The summed E-state index contributed by atoms with van der Waals surface area (Å²) < 4.78 is 10.6. The molecule has 2 N–H and O–H groups in total. The fourth-order valence-corrected chi connectivity index (χ4v) is 2.48. The summed E-state index contributed by atoms with van der Waals surface area (Å²) in [6.07, 6.45) is 0. The van der Waals surface area contributed by atoms with E-state index in [2.05, 4.69) is 15.8 Å². The molecule has 3 aromatic rings. The number of hydrogen-bond donors (Lipinski definition) is 2. The lowest BCUT2D eigenvalue weighted by Gasteiger charge is -2.07. The van der Waals surface area contributed by atoms with Crippen LogP contribution in [-0.4, -0.2) is 30.6 Å². The zero-order valence-corrected chi connectivity index (χ0v) is 15.1. The third-order valence-corrected chi connectivity index (χ3v) is 3.95. The number of nitrogens with one attached hydrogen (secondary N) is 2. The molecule has 0 radical (unpaired) electrons. The van der Waals surface area contributed by atoms with Crippen LogP contribution < -0.4 is 15.4 Å². The van der Waals surface area contributed by atoms with Gasteiger partial charge in [-0.15, -0.1) is 0 Å². The van der Waals surface area contributed by atoms with Gasteiger partial charge in [-0.3, -0.25) is 9.59 Å². The first-order valence-corrected chi connectivity index (χ1v) is 8.41. The minimum Gasteiger partial charge on any atom is -0.484 e. The van der Waals surface area contributed by atoms with Crippen LogP contribution in [0.3, 0.4) is 0 Å². The van der Waals surface area contributed by atoms with Gasteiger partial charge in [-0.25, -0.2) is 0 Å². The number of benzene rings is 2. The van der Waals surface area contributed by atoms with Gasteiger partial charge in [0, 0.05) is 30.4 Å². The van der Waals surface area contributed by atoms with Gasteiger partial charge in [0.2, 0.25) is 0 Å². The lowest BCUT2D eigenvalue weighted by molar-refractivity contribution is -0.122. The van der Waals surface area contributed by atoms with Crippen molar-refractivity contribution in [1.82, 2.24) is 10.5 Å².